The van der Waals surface area contributed by atoms with Gasteiger partial charge < -0.3 is 14.6 Å². The molecule has 0 bridgehead atoms. The van der Waals surface area contributed by atoms with E-state index in [1.54, 1.807) is 6.07 Å². The predicted octanol–water partition coefficient (Wildman–Crippen LogP) is 0.248. The normalized spacial score (nSPS) is 13.9. The van der Waals surface area contributed by atoms with Gasteiger partial charge in [-0.05, 0) is 26.0 Å². The fraction of sp³-hybridized carbons (Fsp3) is 0.429. The molecule has 0 amide bonds. The van der Waals surface area contributed by atoms with Gasteiger partial charge in [0.05, 0.1) is 18.1 Å². The van der Waals surface area contributed by atoms with Crippen LogP contribution >= 0.6 is 0 Å². The highest BCUT2D eigenvalue weighted by Gasteiger charge is 2.39. The number of carbonyl (C=O) groups excluding carboxylic acids is 2. The summed E-state index contributed by atoms with van der Waals surface area (Å²) in [6.45, 7) is 2.83. The molecule has 0 saturated heterocycles. The third-order valence-corrected chi connectivity index (χ3v) is 3.91. The summed E-state index contributed by atoms with van der Waals surface area (Å²) in [5.74, 6) is -2.37. The smallest absolute Gasteiger partial charge is 0.340 e. The largest absolute Gasteiger partial charge is 0.464 e. The van der Waals surface area contributed by atoms with Crippen LogP contribution in [0.15, 0.2) is 35.2 Å². The van der Waals surface area contributed by atoms with Gasteiger partial charge in [-0.3, -0.25) is 0 Å². The molecule has 0 spiro atoms. The van der Waals surface area contributed by atoms with E-state index < -0.39 is 34.3 Å². The molecule has 0 aliphatic heterocycles. The Bertz CT molecular complexity index is 625. The maximum Gasteiger partial charge on any atom is 0.340 e. The Morgan fingerprint density at radius 1 is 1.04 bits per heavy atom. The summed E-state index contributed by atoms with van der Waals surface area (Å²) in [4.78, 5) is 23.2. The van der Waals surface area contributed by atoms with E-state index in [0.717, 1.165) is 0 Å². The summed E-state index contributed by atoms with van der Waals surface area (Å²) in [5.41, 5.74) is 0. The molecule has 23 heavy (non-hydrogen) atoms. The molecular formula is C14H18O8S. The van der Waals surface area contributed by atoms with Crippen molar-refractivity contribution in [1.82, 2.24) is 0 Å². The number of esters is 2. The van der Waals surface area contributed by atoms with Crippen LogP contribution in [0.4, 0.5) is 0 Å². The molecule has 2 atom stereocenters. The van der Waals surface area contributed by atoms with Crippen LogP contribution in [0.2, 0.25) is 0 Å². The van der Waals surface area contributed by atoms with Gasteiger partial charge >= 0.3 is 11.9 Å². The summed E-state index contributed by atoms with van der Waals surface area (Å²) in [5, 5.41) is 9.85. The van der Waals surface area contributed by atoms with Crippen LogP contribution in [0.3, 0.4) is 0 Å². The molecular weight excluding hydrogens is 328 g/mol. The first kappa shape index (κ1) is 19.1. The van der Waals surface area contributed by atoms with E-state index in [-0.39, 0.29) is 18.1 Å². The second-order valence-electron chi connectivity index (χ2n) is 4.23. The second kappa shape index (κ2) is 8.61. The molecule has 0 saturated carbocycles. The maximum absolute atomic E-state index is 12.1. The zero-order valence-electron chi connectivity index (χ0n) is 12.7. The number of aliphatic hydroxyl groups is 1. The molecule has 1 aromatic carbocycles. The molecule has 1 rings (SSSR count). The number of hydrogen-bond donors (Lipinski definition) is 1. The standard InChI is InChI=1S/C14H18O8S/c1-3-20-13(16)11(15)12(14(17)21-4-2)22-23(18,19)10-8-6-5-7-9-10/h5-9,11-12,15H,3-4H2,1-2H3. The molecule has 0 aliphatic rings. The van der Waals surface area contributed by atoms with Crippen molar-refractivity contribution in [3.63, 3.8) is 0 Å². The van der Waals surface area contributed by atoms with Crippen LogP contribution in [0, 0.1) is 0 Å². The van der Waals surface area contributed by atoms with Crippen molar-refractivity contribution < 1.29 is 36.8 Å². The molecule has 0 fully saturated rings. The number of benzene rings is 1. The third-order valence-electron chi connectivity index (χ3n) is 2.60. The van der Waals surface area contributed by atoms with Crippen molar-refractivity contribution in [2.24, 2.45) is 0 Å². The lowest BCUT2D eigenvalue weighted by Gasteiger charge is -2.20. The lowest BCUT2D eigenvalue weighted by atomic mass is 10.2. The average molecular weight is 346 g/mol. The first-order valence-corrected chi connectivity index (χ1v) is 8.24. The molecule has 9 heteroatoms. The number of carbonyl (C=O) groups is 2. The van der Waals surface area contributed by atoms with E-state index in [1.165, 1.54) is 38.1 Å². The van der Waals surface area contributed by atoms with Crippen molar-refractivity contribution >= 4 is 22.1 Å². The fourth-order valence-electron chi connectivity index (χ4n) is 1.58. The molecule has 0 heterocycles. The Balaban J connectivity index is 3.06. The van der Waals surface area contributed by atoms with E-state index in [4.69, 9.17) is 4.18 Å². The summed E-state index contributed by atoms with van der Waals surface area (Å²) in [6, 6.07) is 6.99. The van der Waals surface area contributed by atoms with E-state index in [2.05, 4.69) is 9.47 Å². The Morgan fingerprint density at radius 2 is 1.57 bits per heavy atom. The van der Waals surface area contributed by atoms with E-state index in [0.29, 0.717) is 0 Å². The number of aliphatic hydroxyl groups excluding tert-OH is 1. The molecule has 0 radical (unpaired) electrons. The molecule has 0 aliphatic carbocycles. The molecule has 8 nitrogen and oxygen atoms in total. The third kappa shape index (κ3) is 5.31. The summed E-state index contributed by atoms with van der Waals surface area (Å²) >= 11 is 0. The Morgan fingerprint density at radius 3 is 2.09 bits per heavy atom. The quantitative estimate of drug-likeness (QED) is 0.526. The van der Waals surface area contributed by atoms with Crippen molar-refractivity contribution in [1.29, 1.82) is 0 Å². The van der Waals surface area contributed by atoms with Crippen molar-refractivity contribution in [3.8, 4) is 0 Å². The fourth-order valence-corrected chi connectivity index (χ4v) is 2.63. The zero-order valence-corrected chi connectivity index (χ0v) is 13.5. The molecule has 2 unspecified atom stereocenters. The average Bonchev–Trinajstić information content (AvgIpc) is 2.53. The first-order chi connectivity index (χ1) is 10.8. The van der Waals surface area contributed by atoms with Crippen LogP contribution in [0.25, 0.3) is 0 Å². The summed E-state index contributed by atoms with van der Waals surface area (Å²) in [6.07, 6.45) is -4.19. The number of hydrogen-bond acceptors (Lipinski definition) is 8. The van der Waals surface area contributed by atoms with Crippen LogP contribution in [0.1, 0.15) is 13.8 Å². The van der Waals surface area contributed by atoms with Gasteiger partial charge in [-0.25, -0.2) is 13.8 Å². The van der Waals surface area contributed by atoms with Crippen molar-refractivity contribution in [2.45, 2.75) is 31.0 Å². The Kier molecular flexibility index (Phi) is 7.14. The summed E-state index contributed by atoms with van der Waals surface area (Å²) in [7, 11) is -4.38. The molecule has 1 aromatic rings. The minimum atomic E-state index is -4.38. The number of ether oxygens (including phenoxy) is 2. The van der Waals surface area contributed by atoms with E-state index >= 15 is 0 Å². The van der Waals surface area contributed by atoms with E-state index in [1.807, 2.05) is 0 Å². The molecule has 1 N–H and O–H groups in total. The van der Waals surface area contributed by atoms with Gasteiger partial charge in [-0.2, -0.15) is 8.42 Å². The SMILES string of the molecule is CCOC(=O)C(O)C(OS(=O)(=O)c1ccccc1)C(=O)OCC. The van der Waals surface area contributed by atoms with Gasteiger partial charge in [0.2, 0.25) is 6.10 Å². The van der Waals surface area contributed by atoms with Crippen LogP contribution in [-0.4, -0.2) is 50.9 Å². The van der Waals surface area contributed by atoms with Crippen molar-refractivity contribution in [2.75, 3.05) is 13.2 Å². The van der Waals surface area contributed by atoms with Crippen LogP contribution in [-0.2, 0) is 33.4 Å². The monoisotopic (exact) mass is 346 g/mol. The van der Waals surface area contributed by atoms with E-state index in [9.17, 15) is 23.1 Å². The first-order valence-electron chi connectivity index (χ1n) is 6.83. The lowest BCUT2D eigenvalue weighted by molar-refractivity contribution is -0.170. The Labute approximate surface area is 134 Å². The van der Waals surface area contributed by atoms with Crippen LogP contribution in [0.5, 0.6) is 0 Å². The second-order valence-corrected chi connectivity index (χ2v) is 5.81. The van der Waals surface area contributed by atoms with Gasteiger partial charge in [0.1, 0.15) is 0 Å². The maximum atomic E-state index is 12.1. The Hall–Kier alpha value is -1.97. The topological polar surface area (TPSA) is 116 Å². The highest BCUT2D eigenvalue weighted by Crippen LogP contribution is 2.17. The van der Waals surface area contributed by atoms with Gasteiger partial charge in [0.25, 0.3) is 10.1 Å². The van der Waals surface area contributed by atoms with Gasteiger partial charge in [0.15, 0.2) is 6.10 Å². The highest BCUT2D eigenvalue weighted by atomic mass is 32.2. The minimum absolute atomic E-state index is 0.0587. The summed E-state index contributed by atoms with van der Waals surface area (Å²) < 4.78 is 38.2. The van der Waals surface area contributed by atoms with Crippen LogP contribution < -0.4 is 0 Å². The highest BCUT2D eigenvalue weighted by molar-refractivity contribution is 7.86. The number of rotatable bonds is 8. The lowest BCUT2D eigenvalue weighted by Crippen LogP contribution is -2.44. The zero-order chi connectivity index (χ0) is 17.5. The minimum Gasteiger partial charge on any atom is -0.464 e. The predicted molar refractivity (Wildman–Crippen MR) is 77.8 cm³/mol. The van der Waals surface area contributed by atoms with Crippen molar-refractivity contribution in [3.05, 3.63) is 30.3 Å². The molecule has 0 aromatic heterocycles. The van der Waals surface area contributed by atoms with Gasteiger partial charge in [-0.15, -0.1) is 0 Å². The molecule has 128 valence electrons. The van der Waals surface area contributed by atoms with Gasteiger partial charge in [-0.1, -0.05) is 18.2 Å². The van der Waals surface area contributed by atoms with Gasteiger partial charge in [0, 0.05) is 0 Å².